The predicted molar refractivity (Wildman–Crippen MR) is 63.0 cm³/mol. The molecule has 0 aliphatic heterocycles. The molecule has 0 aromatic rings. The Morgan fingerprint density at radius 2 is 2.14 bits per heavy atom. The van der Waals surface area contributed by atoms with Gasteiger partial charge in [0.05, 0.1) is 0 Å². The Bertz CT molecular complexity index is 252. The third kappa shape index (κ3) is 3.83. The Balaban J connectivity index is 2.47. The molecule has 0 radical (unpaired) electrons. The van der Waals surface area contributed by atoms with Gasteiger partial charge < -0.3 is 0 Å². The molecule has 0 aromatic heterocycles. The van der Waals surface area contributed by atoms with Gasteiger partial charge in [-0.15, -0.1) is 6.42 Å². The summed E-state index contributed by atoms with van der Waals surface area (Å²) in [5.74, 6) is 2.78. The van der Waals surface area contributed by atoms with Gasteiger partial charge in [0, 0.05) is 5.57 Å². The standard InChI is InChI=1S/C14H20/c1-3-5-8-13(4-2)11-12-14-9-6-7-10-14/h2,11-12H,3,5-10H2,1H3/b13-11+. The Hall–Kier alpha value is -0.960. The van der Waals surface area contributed by atoms with E-state index in [0.29, 0.717) is 0 Å². The fourth-order valence-corrected chi connectivity index (χ4v) is 1.79. The molecule has 1 fully saturated rings. The maximum Gasteiger partial charge on any atom is 0.00175 e. The topological polar surface area (TPSA) is 0 Å². The first-order valence-corrected chi connectivity index (χ1v) is 5.72. The summed E-state index contributed by atoms with van der Waals surface area (Å²) in [6.45, 7) is 2.20. The fraction of sp³-hybridized carbons (Fsp3) is 0.571. The van der Waals surface area contributed by atoms with Gasteiger partial charge >= 0.3 is 0 Å². The minimum Gasteiger partial charge on any atom is -0.115 e. The van der Waals surface area contributed by atoms with Gasteiger partial charge in [0.2, 0.25) is 0 Å². The highest BCUT2D eigenvalue weighted by Crippen LogP contribution is 2.23. The first-order chi connectivity index (χ1) is 6.86. The first-order valence-electron chi connectivity index (χ1n) is 5.72. The molecule has 0 aromatic carbocycles. The van der Waals surface area contributed by atoms with E-state index in [1.54, 1.807) is 5.57 Å². The van der Waals surface area contributed by atoms with Gasteiger partial charge in [-0.1, -0.05) is 37.0 Å². The quantitative estimate of drug-likeness (QED) is 0.579. The SMILES string of the molecule is C#C/C(=C\C=C1CCCC1)CCCC. The second-order valence-corrected chi connectivity index (χ2v) is 3.97. The van der Waals surface area contributed by atoms with Gasteiger partial charge in [0.25, 0.3) is 0 Å². The van der Waals surface area contributed by atoms with Crippen molar-refractivity contribution in [2.45, 2.75) is 51.9 Å². The predicted octanol–water partition coefficient (Wildman–Crippen LogP) is 4.24. The van der Waals surface area contributed by atoms with Crippen LogP contribution in [-0.2, 0) is 0 Å². The van der Waals surface area contributed by atoms with Gasteiger partial charge in [-0.3, -0.25) is 0 Å². The van der Waals surface area contributed by atoms with Crippen LogP contribution in [0.5, 0.6) is 0 Å². The molecule has 14 heavy (non-hydrogen) atoms. The van der Waals surface area contributed by atoms with Crippen molar-refractivity contribution in [2.24, 2.45) is 0 Å². The number of allylic oxidation sites excluding steroid dienone is 4. The molecule has 1 aliphatic rings. The van der Waals surface area contributed by atoms with Crippen LogP contribution in [0.25, 0.3) is 0 Å². The third-order valence-corrected chi connectivity index (χ3v) is 2.75. The summed E-state index contributed by atoms with van der Waals surface area (Å²) >= 11 is 0. The van der Waals surface area contributed by atoms with E-state index >= 15 is 0 Å². The van der Waals surface area contributed by atoms with Crippen molar-refractivity contribution in [2.75, 3.05) is 0 Å². The van der Waals surface area contributed by atoms with Crippen molar-refractivity contribution in [3.05, 3.63) is 23.3 Å². The lowest BCUT2D eigenvalue weighted by atomic mass is 10.1. The summed E-state index contributed by atoms with van der Waals surface area (Å²) in [6, 6.07) is 0. The summed E-state index contributed by atoms with van der Waals surface area (Å²) < 4.78 is 0. The maximum absolute atomic E-state index is 5.45. The molecule has 0 unspecified atom stereocenters. The summed E-state index contributed by atoms with van der Waals surface area (Å²) in [4.78, 5) is 0. The molecule has 0 bridgehead atoms. The largest absolute Gasteiger partial charge is 0.115 e. The molecule has 1 rings (SSSR count). The molecule has 0 heterocycles. The van der Waals surface area contributed by atoms with Gasteiger partial charge in [0.1, 0.15) is 0 Å². The number of terminal acetylenes is 1. The van der Waals surface area contributed by atoms with Crippen LogP contribution >= 0.6 is 0 Å². The normalized spacial score (nSPS) is 16.9. The molecule has 1 saturated carbocycles. The molecule has 1 aliphatic carbocycles. The molecule has 0 atom stereocenters. The smallest absolute Gasteiger partial charge is 0.00175 e. The number of hydrogen-bond donors (Lipinski definition) is 0. The Morgan fingerprint density at radius 1 is 1.43 bits per heavy atom. The average Bonchev–Trinajstić information content (AvgIpc) is 2.71. The third-order valence-electron chi connectivity index (χ3n) is 2.75. The number of unbranched alkanes of at least 4 members (excludes halogenated alkanes) is 1. The number of rotatable bonds is 4. The highest BCUT2D eigenvalue weighted by Gasteiger charge is 2.04. The summed E-state index contributed by atoms with van der Waals surface area (Å²) in [5.41, 5.74) is 2.74. The van der Waals surface area contributed by atoms with E-state index in [-0.39, 0.29) is 0 Å². The van der Waals surface area contributed by atoms with Gasteiger partial charge in [-0.2, -0.15) is 0 Å². The van der Waals surface area contributed by atoms with E-state index < -0.39 is 0 Å². The van der Waals surface area contributed by atoms with Crippen LogP contribution in [0.3, 0.4) is 0 Å². The van der Waals surface area contributed by atoms with Gasteiger partial charge in [-0.05, 0) is 38.5 Å². The Morgan fingerprint density at radius 3 is 2.71 bits per heavy atom. The summed E-state index contributed by atoms with van der Waals surface area (Å²) in [7, 11) is 0. The molecule has 0 spiro atoms. The molecule has 0 nitrogen and oxygen atoms in total. The van der Waals surface area contributed by atoms with Crippen molar-refractivity contribution in [3.63, 3.8) is 0 Å². The Kier molecular flexibility index (Phi) is 5.15. The lowest BCUT2D eigenvalue weighted by Crippen LogP contribution is -1.79. The van der Waals surface area contributed by atoms with E-state index in [9.17, 15) is 0 Å². The molecule has 0 saturated heterocycles. The highest BCUT2D eigenvalue weighted by atomic mass is 14.1. The second-order valence-electron chi connectivity index (χ2n) is 3.97. The van der Waals surface area contributed by atoms with E-state index in [0.717, 1.165) is 12.0 Å². The lowest BCUT2D eigenvalue weighted by molar-refractivity contribution is 0.801. The Labute approximate surface area is 88.1 Å². The minimum atomic E-state index is 1.07. The van der Waals surface area contributed by atoms with Gasteiger partial charge in [-0.25, -0.2) is 0 Å². The van der Waals surface area contributed by atoms with Crippen LogP contribution < -0.4 is 0 Å². The van der Waals surface area contributed by atoms with Crippen LogP contribution in [-0.4, -0.2) is 0 Å². The highest BCUT2D eigenvalue weighted by molar-refractivity contribution is 5.31. The zero-order valence-corrected chi connectivity index (χ0v) is 9.18. The molecule has 0 amide bonds. The van der Waals surface area contributed by atoms with Crippen LogP contribution in [0, 0.1) is 12.3 Å². The van der Waals surface area contributed by atoms with Crippen molar-refractivity contribution < 1.29 is 0 Å². The minimum absolute atomic E-state index is 1.07. The first kappa shape index (κ1) is 11.1. The zero-order valence-electron chi connectivity index (χ0n) is 9.18. The van der Waals surface area contributed by atoms with Crippen LogP contribution in [0.1, 0.15) is 51.9 Å². The number of hydrogen-bond acceptors (Lipinski definition) is 0. The summed E-state index contributed by atoms with van der Waals surface area (Å²) in [6.07, 6.45) is 18.6. The molecule has 0 N–H and O–H groups in total. The second kappa shape index (κ2) is 6.49. The molecular formula is C14H20. The van der Waals surface area contributed by atoms with Crippen molar-refractivity contribution in [1.82, 2.24) is 0 Å². The average molecular weight is 188 g/mol. The fourth-order valence-electron chi connectivity index (χ4n) is 1.79. The molecular weight excluding hydrogens is 168 g/mol. The summed E-state index contributed by atoms with van der Waals surface area (Å²) in [5, 5.41) is 0. The van der Waals surface area contributed by atoms with E-state index in [1.165, 1.54) is 38.5 Å². The maximum atomic E-state index is 5.45. The zero-order chi connectivity index (χ0) is 10.2. The van der Waals surface area contributed by atoms with Crippen LogP contribution in [0.2, 0.25) is 0 Å². The van der Waals surface area contributed by atoms with E-state index in [4.69, 9.17) is 6.42 Å². The van der Waals surface area contributed by atoms with Crippen LogP contribution in [0.4, 0.5) is 0 Å². The molecule has 76 valence electrons. The van der Waals surface area contributed by atoms with Crippen molar-refractivity contribution >= 4 is 0 Å². The van der Waals surface area contributed by atoms with Crippen LogP contribution in [0.15, 0.2) is 23.3 Å². The van der Waals surface area contributed by atoms with E-state index in [2.05, 4.69) is 25.0 Å². The van der Waals surface area contributed by atoms with Gasteiger partial charge in [0.15, 0.2) is 0 Å². The van der Waals surface area contributed by atoms with E-state index in [1.807, 2.05) is 0 Å². The van der Waals surface area contributed by atoms with Crippen molar-refractivity contribution in [1.29, 1.82) is 0 Å². The van der Waals surface area contributed by atoms with Crippen molar-refractivity contribution in [3.8, 4) is 12.3 Å². The molecule has 0 heteroatoms. The monoisotopic (exact) mass is 188 g/mol. The lowest BCUT2D eigenvalue weighted by Gasteiger charge is -1.97.